The van der Waals surface area contributed by atoms with Crippen molar-refractivity contribution in [2.45, 2.75) is 23.5 Å². The lowest BCUT2D eigenvalue weighted by atomic mass is 10.2. The second-order valence-corrected chi connectivity index (χ2v) is 4.69. The fourth-order valence-electron chi connectivity index (χ4n) is 1.10. The number of aliphatic hydroxyl groups excluding tert-OH is 1. The lowest BCUT2D eigenvalue weighted by Gasteiger charge is -2.12. The Kier molecular flexibility index (Phi) is 4.35. The number of rotatable bonds is 4. The Morgan fingerprint density at radius 2 is 2.13 bits per heavy atom. The summed E-state index contributed by atoms with van der Waals surface area (Å²) >= 11 is 1.22. The molecular formula is C10H13F2NOS. The van der Waals surface area contributed by atoms with E-state index in [9.17, 15) is 8.78 Å². The van der Waals surface area contributed by atoms with Crippen LogP contribution in [0, 0.1) is 0 Å². The second kappa shape index (κ2) is 5.32. The molecule has 0 heterocycles. The van der Waals surface area contributed by atoms with Crippen molar-refractivity contribution in [2.24, 2.45) is 0 Å². The van der Waals surface area contributed by atoms with Crippen LogP contribution in [0.25, 0.3) is 0 Å². The van der Waals surface area contributed by atoms with Crippen LogP contribution in [0.3, 0.4) is 0 Å². The first kappa shape index (κ1) is 12.3. The summed E-state index contributed by atoms with van der Waals surface area (Å²) in [5, 5.41) is 8.74. The Balaban J connectivity index is 2.95. The topological polar surface area (TPSA) is 46.2 Å². The van der Waals surface area contributed by atoms with E-state index in [1.807, 2.05) is 0 Å². The van der Waals surface area contributed by atoms with Crippen molar-refractivity contribution < 1.29 is 13.9 Å². The molecule has 1 aromatic carbocycles. The van der Waals surface area contributed by atoms with Gasteiger partial charge in [0.1, 0.15) is 0 Å². The van der Waals surface area contributed by atoms with Gasteiger partial charge in [0, 0.05) is 21.4 Å². The predicted molar refractivity (Wildman–Crippen MR) is 58.2 cm³/mol. The van der Waals surface area contributed by atoms with Gasteiger partial charge in [0.2, 0.25) is 0 Å². The number of nitrogen functional groups attached to an aromatic ring is 1. The Labute approximate surface area is 91.5 Å². The highest BCUT2D eigenvalue weighted by Gasteiger charge is 2.15. The summed E-state index contributed by atoms with van der Waals surface area (Å²) in [7, 11) is 0. The zero-order valence-corrected chi connectivity index (χ0v) is 9.10. The Hall–Kier alpha value is -0.810. The molecule has 3 N–H and O–H groups in total. The number of nitrogens with two attached hydrogens (primary N) is 1. The first-order chi connectivity index (χ1) is 7.04. The first-order valence-electron chi connectivity index (χ1n) is 4.49. The van der Waals surface area contributed by atoms with Crippen LogP contribution in [0.15, 0.2) is 23.1 Å². The molecule has 1 aromatic rings. The van der Waals surface area contributed by atoms with Gasteiger partial charge in [0.25, 0.3) is 6.43 Å². The van der Waals surface area contributed by atoms with Crippen molar-refractivity contribution in [3.63, 3.8) is 0 Å². The molecule has 0 fully saturated rings. The third kappa shape index (κ3) is 3.35. The molecule has 0 bridgehead atoms. The van der Waals surface area contributed by atoms with Gasteiger partial charge in [0.05, 0.1) is 6.61 Å². The monoisotopic (exact) mass is 233 g/mol. The number of hydrogen-bond acceptors (Lipinski definition) is 3. The molecule has 15 heavy (non-hydrogen) atoms. The quantitative estimate of drug-likeness (QED) is 0.621. The maximum absolute atomic E-state index is 12.6. The fraction of sp³-hybridized carbons (Fsp3) is 0.400. The van der Waals surface area contributed by atoms with Crippen molar-refractivity contribution in [2.75, 3.05) is 12.3 Å². The van der Waals surface area contributed by atoms with Gasteiger partial charge in [-0.2, -0.15) is 0 Å². The molecule has 5 heteroatoms. The third-order valence-corrected chi connectivity index (χ3v) is 3.03. The van der Waals surface area contributed by atoms with E-state index in [2.05, 4.69) is 0 Å². The Morgan fingerprint density at radius 3 is 2.67 bits per heavy atom. The van der Waals surface area contributed by atoms with Crippen molar-refractivity contribution in [1.29, 1.82) is 0 Å². The van der Waals surface area contributed by atoms with E-state index in [0.29, 0.717) is 10.6 Å². The number of halogens is 2. The average Bonchev–Trinajstić information content (AvgIpc) is 2.20. The molecule has 0 radical (unpaired) electrons. The SMILES string of the molecule is CC(CO)Sc1ccc(N)cc1C(F)F. The summed E-state index contributed by atoms with van der Waals surface area (Å²) in [6.45, 7) is 1.73. The lowest BCUT2D eigenvalue weighted by molar-refractivity contribution is 0.148. The lowest BCUT2D eigenvalue weighted by Crippen LogP contribution is -2.03. The average molecular weight is 233 g/mol. The highest BCUT2D eigenvalue weighted by atomic mass is 32.2. The summed E-state index contributed by atoms with van der Waals surface area (Å²) in [6.07, 6.45) is -2.54. The van der Waals surface area contributed by atoms with Gasteiger partial charge in [0.15, 0.2) is 0 Å². The molecule has 0 spiro atoms. The number of alkyl halides is 2. The van der Waals surface area contributed by atoms with Crippen molar-refractivity contribution in [1.82, 2.24) is 0 Å². The molecular weight excluding hydrogens is 220 g/mol. The molecule has 0 aliphatic rings. The van der Waals surface area contributed by atoms with Crippen LogP contribution in [0.1, 0.15) is 18.9 Å². The highest BCUT2D eigenvalue weighted by molar-refractivity contribution is 8.00. The molecule has 0 aliphatic heterocycles. The van der Waals surface area contributed by atoms with Crippen molar-refractivity contribution in [3.05, 3.63) is 23.8 Å². The maximum Gasteiger partial charge on any atom is 0.265 e. The van der Waals surface area contributed by atoms with E-state index in [1.54, 1.807) is 19.1 Å². The molecule has 0 saturated carbocycles. The standard InChI is InChI=1S/C10H13F2NOS/c1-6(5-14)15-9-3-2-7(13)4-8(9)10(11)12/h2-4,6,10,14H,5,13H2,1H3. The number of aliphatic hydroxyl groups is 1. The first-order valence-corrected chi connectivity index (χ1v) is 5.37. The number of anilines is 1. The van der Waals surface area contributed by atoms with E-state index in [4.69, 9.17) is 10.8 Å². The molecule has 84 valence electrons. The summed E-state index contributed by atoms with van der Waals surface area (Å²) in [4.78, 5) is 0.473. The molecule has 1 atom stereocenters. The van der Waals surface area contributed by atoms with E-state index in [1.165, 1.54) is 17.8 Å². The zero-order chi connectivity index (χ0) is 11.4. The van der Waals surface area contributed by atoms with Crippen molar-refractivity contribution in [3.8, 4) is 0 Å². The molecule has 1 rings (SSSR count). The minimum absolute atomic E-state index is 0.0439. The molecule has 0 aromatic heterocycles. The second-order valence-electron chi connectivity index (χ2n) is 3.21. The van der Waals surface area contributed by atoms with Gasteiger partial charge in [-0.05, 0) is 18.2 Å². The summed E-state index contributed by atoms with van der Waals surface area (Å²) in [6, 6.07) is 4.42. The van der Waals surface area contributed by atoms with Gasteiger partial charge in [-0.3, -0.25) is 0 Å². The highest BCUT2D eigenvalue weighted by Crippen LogP contribution is 2.34. The normalized spacial score (nSPS) is 13.1. The smallest absolute Gasteiger partial charge is 0.265 e. The minimum Gasteiger partial charge on any atom is -0.399 e. The molecule has 1 unspecified atom stereocenters. The van der Waals surface area contributed by atoms with Gasteiger partial charge < -0.3 is 10.8 Å². The van der Waals surface area contributed by atoms with Gasteiger partial charge in [-0.1, -0.05) is 6.92 Å². The van der Waals surface area contributed by atoms with Crippen LogP contribution in [0.2, 0.25) is 0 Å². The number of benzene rings is 1. The summed E-state index contributed by atoms with van der Waals surface area (Å²) in [5.74, 6) is 0. The molecule has 0 aliphatic carbocycles. The fourth-order valence-corrected chi connectivity index (χ4v) is 2.04. The van der Waals surface area contributed by atoms with Gasteiger partial charge in [-0.25, -0.2) is 8.78 Å². The van der Waals surface area contributed by atoms with Crippen LogP contribution in [0.4, 0.5) is 14.5 Å². The number of hydrogen-bond donors (Lipinski definition) is 2. The molecule has 0 amide bonds. The van der Waals surface area contributed by atoms with Crippen LogP contribution in [-0.4, -0.2) is 17.0 Å². The van der Waals surface area contributed by atoms with E-state index in [0.717, 1.165) is 0 Å². The predicted octanol–water partition coefficient (Wildman–Crippen LogP) is 2.68. The summed E-state index contributed by atoms with van der Waals surface area (Å²) in [5.41, 5.74) is 5.69. The maximum atomic E-state index is 12.6. The van der Waals surface area contributed by atoms with E-state index in [-0.39, 0.29) is 17.4 Å². The Bertz CT molecular complexity index is 333. The van der Waals surface area contributed by atoms with E-state index < -0.39 is 6.43 Å². The van der Waals surface area contributed by atoms with Crippen LogP contribution in [-0.2, 0) is 0 Å². The van der Waals surface area contributed by atoms with Gasteiger partial charge >= 0.3 is 0 Å². The summed E-state index contributed by atoms with van der Waals surface area (Å²) < 4.78 is 25.3. The van der Waals surface area contributed by atoms with Crippen LogP contribution < -0.4 is 5.73 Å². The van der Waals surface area contributed by atoms with Crippen LogP contribution >= 0.6 is 11.8 Å². The van der Waals surface area contributed by atoms with Crippen LogP contribution in [0.5, 0.6) is 0 Å². The molecule has 2 nitrogen and oxygen atoms in total. The zero-order valence-electron chi connectivity index (χ0n) is 8.28. The van der Waals surface area contributed by atoms with Crippen molar-refractivity contribution >= 4 is 17.4 Å². The molecule has 0 saturated heterocycles. The minimum atomic E-state index is -2.54. The van der Waals surface area contributed by atoms with Gasteiger partial charge in [-0.15, -0.1) is 11.8 Å². The Morgan fingerprint density at radius 1 is 1.47 bits per heavy atom. The van der Waals surface area contributed by atoms with E-state index >= 15 is 0 Å². The number of thioether (sulfide) groups is 1. The third-order valence-electron chi connectivity index (χ3n) is 1.85. The largest absolute Gasteiger partial charge is 0.399 e.